The van der Waals surface area contributed by atoms with E-state index in [1.54, 1.807) is 32.0 Å². The molecule has 1 rings (SSSR count). The molecule has 118 valence electrons. The number of rotatable bonds is 5. The summed E-state index contributed by atoms with van der Waals surface area (Å²) < 4.78 is 10.9. The molecule has 0 bridgehead atoms. The van der Waals surface area contributed by atoms with Crippen LogP contribution in [0.3, 0.4) is 0 Å². The molecule has 1 unspecified atom stereocenters. The first-order chi connectivity index (χ1) is 9.64. The van der Waals surface area contributed by atoms with Crippen LogP contribution >= 0.6 is 0 Å². The molecule has 0 fully saturated rings. The molecule has 0 heterocycles. The zero-order chi connectivity index (χ0) is 16.2. The minimum Gasteiger partial charge on any atom is -0.493 e. The monoisotopic (exact) mass is 295 g/mol. The van der Waals surface area contributed by atoms with E-state index >= 15 is 0 Å². The van der Waals surface area contributed by atoms with Gasteiger partial charge in [-0.25, -0.2) is 0 Å². The van der Waals surface area contributed by atoms with Crippen LogP contribution in [0.2, 0.25) is 0 Å². The highest BCUT2D eigenvalue weighted by Gasteiger charge is 2.21. The maximum Gasteiger partial charge on any atom is 0.261 e. The van der Waals surface area contributed by atoms with Crippen molar-refractivity contribution in [2.45, 2.75) is 52.4 Å². The number of hydrogen-bond acceptors (Lipinski definition) is 4. The molecule has 21 heavy (non-hydrogen) atoms. The second kappa shape index (κ2) is 6.80. The van der Waals surface area contributed by atoms with E-state index in [2.05, 4.69) is 5.32 Å². The van der Waals surface area contributed by atoms with Crippen LogP contribution in [0.4, 0.5) is 0 Å². The molecule has 0 aliphatic carbocycles. The molecular formula is C16H25NO4. The first-order valence-corrected chi connectivity index (χ1v) is 6.98. The minimum absolute atomic E-state index is 0.191. The van der Waals surface area contributed by atoms with Gasteiger partial charge in [0.2, 0.25) is 0 Å². The van der Waals surface area contributed by atoms with Gasteiger partial charge in [-0.05, 0) is 52.3 Å². The molecule has 0 aliphatic rings. The van der Waals surface area contributed by atoms with Crippen molar-refractivity contribution in [3.05, 3.63) is 23.8 Å². The van der Waals surface area contributed by atoms with Gasteiger partial charge >= 0.3 is 0 Å². The Balaban J connectivity index is 2.85. The van der Waals surface area contributed by atoms with Crippen LogP contribution in [0.1, 0.15) is 46.3 Å². The lowest BCUT2D eigenvalue weighted by atomic mass is 10.1. The Morgan fingerprint density at radius 1 is 1.24 bits per heavy atom. The maximum absolute atomic E-state index is 12.0. The average Bonchev–Trinajstić information content (AvgIpc) is 2.36. The van der Waals surface area contributed by atoms with Gasteiger partial charge < -0.3 is 19.9 Å². The van der Waals surface area contributed by atoms with Gasteiger partial charge in [0.05, 0.1) is 13.2 Å². The summed E-state index contributed by atoms with van der Waals surface area (Å²) in [6, 6.07) is 5.15. The Morgan fingerprint density at radius 3 is 2.33 bits per heavy atom. The van der Waals surface area contributed by atoms with Crippen LogP contribution in [-0.4, -0.2) is 29.8 Å². The number of methoxy groups -OCH3 is 1. The van der Waals surface area contributed by atoms with Crippen molar-refractivity contribution in [1.82, 2.24) is 5.32 Å². The third kappa shape index (κ3) is 5.27. The zero-order valence-electron chi connectivity index (χ0n) is 13.6. The lowest BCUT2D eigenvalue weighted by Crippen LogP contribution is -2.46. The molecule has 2 atom stereocenters. The van der Waals surface area contributed by atoms with E-state index in [1.165, 1.54) is 7.11 Å². The number of carbonyl (C=O) groups is 1. The number of aliphatic hydroxyl groups excluding tert-OH is 1. The van der Waals surface area contributed by atoms with Gasteiger partial charge in [-0.2, -0.15) is 0 Å². The Labute approximate surface area is 126 Å². The van der Waals surface area contributed by atoms with Crippen LogP contribution < -0.4 is 14.8 Å². The van der Waals surface area contributed by atoms with Crippen LogP contribution in [0.15, 0.2) is 18.2 Å². The Bertz CT molecular complexity index is 492. The summed E-state index contributed by atoms with van der Waals surface area (Å²) in [5.41, 5.74) is 0.417. The minimum atomic E-state index is -0.643. The number of aliphatic hydroxyl groups is 1. The number of nitrogens with one attached hydrogen (secondary N) is 1. The summed E-state index contributed by atoms with van der Waals surface area (Å²) in [6.45, 7) is 9.10. The molecule has 5 heteroatoms. The van der Waals surface area contributed by atoms with Crippen molar-refractivity contribution < 1.29 is 19.4 Å². The van der Waals surface area contributed by atoms with Crippen molar-refractivity contribution in [2.75, 3.05) is 7.11 Å². The molecule has 5 nitrogen and oxygen atoms in total. The lowest BCUT2D eigenvalue weighted by molar-refractivity contribution is -0.128. The van der Waals surface area contributed by atoms with Crippen LogP contribution in [0.25, 0.3) is 0 Å². The number of benzene rings is 1. The molecule has 0 spiro atoms. The second-order valence-electron chi connectivity index (χ2n) is 6.09. The molecule has 1 aromatic rings. The molecule has 0 saturated heterocycles. The summed E-state index contributed by atoms with van der Waals surface area (Å²) >= 11 is 0. The van der Waals surface area contributed by atoms with Gasteiger partial charge in [0.25, 0.3) is 5.91 Å². The summed E-state index contributed by atoms with van der Waals surface area (Å²) in [6.07, 6.45) is -1.23. The molecular weight excluding hydrogens is 270 g/mol. The quantitative estimate of drug-likeness (QED) is 0.875. The smallest absolute Gasteiger partial charge is 0.261 e. The SMILES string of the molecule is COc1cc([C@H](C)O)ccc1OC(C)C(=O)NC(C)(C)C. The Hall–Kier alpha value is -1.75. The number of hydrogen-bond donors (Lipinski definition) is 2. The Morgan fingerprint density at radius 2 is 1.86 bits per heavy atom. The molecule has 0 saturated carbocycles. The molecule has 0 aliphatic heterocycles. The first kappa shape index (κ1) is 17.3. The van der Waals surface area contributed by atoms with Gasteiger partial charge in [0.1, 0.15) is 0 Å². The zero-order valence-corrected chi connectivity index (χ0v) is 13.6. The summed E-state index contributed by atoms with van der Waals surface area (Å²) in [4.78, 5) is 12.0. The van der Waals surface area contributed by atoms with Crippen molar-refractivity contribution >= 4 is 5.91 Å². The number of ether oxygens (including phenoxy) is 2. The topological polar surface area (TPSA) is 67.8 Å². The third-order valence-corrected chi connectivity index (χ3v) is 2.84. The third-order valence-electron chi connectivity index (χ3n) is 2.84. The summed E-state index contributed by atoms with van der Waals surface area (Å²) in [5, 5.41) is 12.4. The fourth-order valence-electron chi connectivity index (χ4n) is 1.76. The Kier molecular flexibility index (Phi) is 5.61. The van der Waals surface area contributed by atoms with E-state index in [0.29, 0.717) is 11.5 Å². The van der Waals surface area contributed by atoms with E-state index in [0.717, 1.165) is 5.56 Å². The van der Waals surface area contributed by atoms with Crippen LogP contribution in [0, 0.1) is 0 Å². The fourth-order valence-corrected chi connectivity index (χ4v) is 1.76. The van der Waals surface area contributed by atoms with E-state index in [9.17, 15) is 9.90 Å². The van der Waals surface area contributed by atoms with E-state index in [4.69, 9.17) is 9.47 Å². The molecule has 2 N–H and O–H groups in total. The van der Waals surface area contributed by atoms with Gasteiger partial charge in [0, 0.05) is 5.54 Å². The van der Waals surface area contributed by atoms with Gasteiger partial charge in [0.15, 0.2) is 17.6 Å². The summed E-state index contributed by atoms with van der Waals surface area (Å²) in [7, 11) is 1.52. The molecule has 1 aromatic carbocycles. The fraction of sp³-hybridized carbons (Fsp3) is 0.562. The second-order valence-corrected chi connectivity index (χ2v) is 6.09. The van der Waals surface area contributed by atoms with E-state index < -0.39 is 12.2 Å². The molecule has 0 aromatic heterocycles. The standard InChI is InChI=1S/C16H25NO4/c1-10(18)12-7-8-13(14(9-12)20-6)21-11(2)15(19)17-16(3,4)5/h7-11,18H,1-6H3,(H,17,19)/t10-,11?/m0/s1. The maximum atomic E-state index is 12.0. The normalized spacial score (nSPS) is 14.2. The van der Waals surface area contributed by atoms with Crippen LogP contribution in [-0.2, 0) is 4.79 Å². The van der Waals surface area contributed by atoms with E-state index in [-0.39, 0.29) is 11.4 Å². The first-order valence-electron chi connectivity index (χ1n) is 6.98. The molecule has 0 radical (unpaired) electrons. The average molecular weight is 295 g/mol. The highest BCUT2D eigenvalue weighted by atomic mass is 16.5. The highest BCUT2D eigenvalue weighted by Crippen LogP contribution is 2.31. The predicted molar refractivity (Wildman–Crippen MR) is 81.6 cm³/mol. The van der Waals surface area contributed by atoms with Gasteiger partial charge in [-0.15, -0.1) is 0 Å². The van der Waals surface area contributed by atoms with Crippen molar-refractivity contribution in [2.24, 2.45) is 0 Å². The number of amides is 1. The summed E-state index contributed by atoms with van der Waals surface area (Å²) in [5.74, 6) is 0.770. The largest absolute Gasteiger partial charge is 0.493 e. The van der Waals surface area contributed by atoms with Gasteiger partial charge in [-0.1, -0.05) is 6.07 Å². The van der Waals surface area contributed by atoms with Gasteiger partial charge in [-0.3, -0.25) is 4.79 Å². The molecule has 1 amide bonds. The van der Waals surface area contributed by atoms with Crippen LogP contribution in [0.5, 0.6) is 11.5 Å². The predicted octanol–water partition coefficient (Wildman–Crippen LogP) is 2.43. The van der Waals surface area contributed by atoms with Crippen molar-refractivity contribution in [3.63, 3.8) is 0 Å². The van der Waals surface area contributed by atoms with Crippen molar-refractivity contribution in [1.29, 1.82) is 0 Å². The van der Waals surface area contributed by atoms with Crippen molar-refractivity contribution in [3.8, 4) is 11.5 Å². The highest BCUT2D eigenvalue weighted by molar-refractivity contribution is 5.81. The van der Waals surface area contributed by atoms with E-state index in [1.807, 2.05) is 20.8 Å². The number of carbonyl (C=O) groups excluding carboxylic acids is 1. The lowest BCUT2D eigenvalue weighted by Gasteiger charge is -2.24.